The van der Waals surface area contributed by atoms with Crippen LogP contribution in [0.3, 0.4) is 0 Å². The fourth-order valence-electron chi connectivity index (χ4n) is 6.74. The summed E-state index contributed by atoms with van der Waals surface area (Å²) in [6.07, 6.45) is 3.21. The van der Waals surface area contributed by atoms with Crippen LogP contribution in [0, 0.1) is 5.92 Å². The van der Waals surface area contributed by atoms with Gasteiger partial charge < -0.3 is 33.7 Å². The zero-order valence-electron chi connectivity index (χ0n) is 29.2. The molecule has 3 heterocycles. The number of nitrogens with one attached hydrogen (secondary N) is 1. The molecule has 7 atom stereocenters. The van der Waals surface area contributed by atoms with Crippen molar-refractivity contribution in [1.29, 1.82) is 0 Å². The molecule has 0 radical (unpaired) electrons. The van der Waals surface area contributed by atoms with E-state index in [1.54, 1.807) is 26.5 Å². The lowest BCUT2D eigenvalue weighted by molar-refractivity contribution is -0.158. The average molecular weight is 715 g/mol. The van der Waals surface area contributed by atoms with Gasteiger partial charge in [-0.1, -0.05) is 30.2 Å². The first-order valence-electron chi connectivity index (χ1n) is 16.3. The highest BCUT2D eigenvalue weighted by Gasteiger charge is 2.64. The molecule has 0 unspecified atom stereocenters. The van der Waals surface area contributed by atoms with Crippen LogP contribution in [0.15, 0.2) is 23.8 Å². The number of amides is 2. The molecular formula is C34H51ClN2O10S. The molecule has 48 heavy (non-hydrogen) atoms. The predicted octanol–water partition coefficient (Wildman–Crippen LogP) is 3.95. The number of hydrogen-bond acceptors (Lipinski definition) is 10. The number of benzene rings is 1. The van der Waals surface area contributed by atoms with Crippen LogP contribution in [0.2, 0.25) is 5.02 Å². The first kappa shape index (κ1) is 38.1. The van der Waals surface area contributed by atoms with Gasteiger partial charge in [0.2, 0.25) is 5.91 Å². The summed E-state index contributed by atoms with van der Waals surface area (Å²) in [4.78, 5) is 41.2. The van der Waals surface area contributed by atoms with Crippen LogP contribution in [0.25, 0.3) is 0 Å². The van der Waals surface area contributed by atoms with Crippen molar-refractivity contribution in [1.82, 2.24) is 5.32 Å². The topological polar surface area (TPSA) is 153 Å². The molecule has 0 saturated carbocycles. The van der Waals surface area contributed by atoms with Gasteiger partial charge in [-0.15, -0.1) is 9.93 Å². The summed E-state index contributed by atoms with van der Waals surface area (Å²) >= 11 is 6.72. The highest BCUT2D eigenvalue weighted by molar-refractivity contribution is 8.01. The Bertz CT molecular complexity index is 1470. The van der Waals surface area contributed by atoms with Crippen LogP contribution < -0.4 is 15.0 Å². The summed E-state index contributed by atoms with van der Waals surface area (Å²) in [5.74, 6) is -0.575. The molecule has 3 aliphatic heterocycles. The second-order valence-corrected chi connectivity index (χ2v) is 17.9. The van der Waals surface area contributed by atoms with Crippen molar-refractivity contribution in [2.75, 3.05) is 44.4 Å². The van der Waals surface area contributed by atoms with E-state index in [0.717, 1.165) is 11.1 Å². The minimum absolute atomic E-state index is 0.0256. The molecule has 3 aliphatic rings. The van der Waals surface area contributed by atoms with Gasteiger partial charge in [-0.2, -0.15) is 0 Å². The molecule has 14 heteroatoms. The number of thiol groups is 1. The van der Waals surface area contributed by atoms with E-state index in [1.165, 1.54) is 19.1 Å². The number of hydrogen-bond donors (Lipinski definition) is 3. The largest absolute Gasteiger partial charge is 0.495 e. The molecule has 270 valence electrons. The molecule has 2 saturated heterocycles. The van der Waals surface area contributed by atoms with E-state index in [0.29, 0.717) is 42.9 Å². The van der Waals surface area contributed by atoms with Crippen LogP contribution in [0.4, 0.5) is 10.5 Å². The molecule has 2 amide bonds. The number of methoxy groups -OCH3 is 2. The monoisotopic (exact) mass is 714 g/mol. The number of carbonyl (C=O) groups is 3. The number of esters is 1. The SMILES string of the molecule is COc1cc2cc(c1Cl)N(C)C(=O)C[C@H](OC(=O)CCC[SH](C)(C)=O)[C@]1(C)O[C@H]1[C@H](C)[C@@H]1C[C@@](O)(NC(=O)O1)[C@H](OC)CC/C=C(\C)C2. The number of nitrogens with zero attached hydrogens (tertiary/aromatic N) is 1. The number of rotatable bonds is 7. The molecule has 1 aromatic rings. The first-order chi connectivity index (χ1) is 22.4. The summed E-state index contributed by atoms with van der Waals surface area (Å²) in [6.45, 7) is 5.57. The van der Waals surface area contributed by atoms with Gasteiger partial charge in [-0.3, -0.25) is 19.1 Å². The Balaban J connectivity index is 1.72. The fourth-order valence-corrected chi connectivity index (χ4v) is 7.98. The van der Waals surface area contributed by atoms with E-state index >= 15 is 0 Å². The number of fused-ring (bicyclic) bond motifs is 5. The lowest BCUT2D eigenvalue weighted by Crippen LogP contribution is -2.64. The van der Waals surface area contributed by atoms with Crippen molar-refractivity contribution >= 4 is 45.2 Å². The molecule has 1 aromatic carbocycles. The van der Waals surface area contributed by atoms with E-state index in [1.807, 2.05) is 32.1 Å². The van der Waals surface area contributed by atoms with Gasteiger partial charge in [0.15, 0.2) is 5.72 Å². The zero-order chi connectivity index (χ0) is 35.6. The molecule has 12 nitrogen and oxygen atoms in total. The maximum absolute atomic E-state index is 13.9. The molecule has 4 bridgehead atoms. The maximum atomic E-state index is 13.9. The van der Waals surface area contributed by atoms with E-state index in [-0.39, 0.29) is 30.2 Å². The average Bonchev–Trinajstić information content (AvgIpc) is 3.69. The van der Waals surface area contributed by atoms with Crippen molar-refractivity contribution in [3.63, 3.8) is 0 Å². The Hall–Kier alpha value is -2.71. The van der Waals surface area contributed by atoms with Crippen molar-refractivity contribution in [3.05, 3.63) is 34.4 Å². The number of alkyl carbamates (subject to hydrolysis) is 1. The number of ether oxygens (including phenoxy) is 5. The Morgan fingerprint density at radius 2 is 1.94 bits per heavy atom. The number of anilines is 1. The third-order valence-corrected chi connectivity index (χ3v) is 11.4. The Morgan fingerprint density at radius 1 is 1.23 bits per heavy atom. The highest BCUT2D eigenvalue weighted by Crippen LogP contribution is 2.49. The fraction of sp³-hybridized carbons (Fsp3) is 0.676. The summed E-state index contributed by atoms with van der Waals surface area (Å²) in [5, 5.41) is 14.5. The van der Waals surface area contributed by atoms with Gasteiger partial charge in [0, 0.05) is 38.7 Å². The molecular weight excluding hydrogens is 664 g/mol. The van der Waals surface area contributed by atoms with Gasteiger partial charge in [-0.05, 0) is 69.7 Å². The Labute approximate surface area is 289 Å². The van der Waals surface area contributed by atoms with Gasteiger partial charge in [-0.25, -0.2) is 4.79 Å². The van der Waals surface area contributed by atoms with Gasteiger partial charge >= 0.3 is 12.1 Å². The quantitative estimate of drug-likeness (QED) is 0.164. The molecule has 2 fully saturated rings. The van der Waals surface area contributed by atoms with Gasteiger partial charge in [0.1, 0.15) is 34.7 Å². The van der Waals surface area contributed by atoms with Crippen LogP contribution in [0.5, 0.6) is 5.75 Å². The van der Waals surface area contributed by atoms with E-state index < -0.39 is 63.7 Å². The van der Waals surface area contributed by atoms with Gasteiger partial charge in [0.25, 0.3) is 0 Å². The number of epoxide rings is 1. The predicted molar refractivity (Wildman–Crippen MR) is 184 cm³/mol. The third kappa shape index (κ3) is 8.90. The van der Waals surface area contributed by atoms with Crippen LogP contribution in [-0.2, 0) is 44.9 Å². The maximum Gasteiger partial charge on any atom is 0.409 e. The Kier molecular flexibility index (Phi) is 11.9. The molecule has 2 N–H and O–H groups in total. The molecule has 0 spiro atoms. The number of allylic oxidation sites excluding steroid dienone is 2. The summed E-state index contributed by atoms with van der Waals surface area (Å²) in [7, 11) is 2.27. The van der Waals surface area contributed by atoms with Gasteiger partial charge in [0.05, 0.1) is 25.3 Å². The lowest BCUT2D eigenvalue weighted by atomic mass is 9.83. The summed E-state index contributed by atoms with van der Waals surface area (Å²) in [5.41, 5.74) is -0.493. The van der Waals surface area contributed by atoms with Crippen molar-refractivity contribution in [3.8, 4) is 5.75 Å². The van der Waals surface area contributed by atoms with Crippen molar-refractivity contribution in [2.24, 2.45) is 5.92 Å². The number of aliphatic hydroxyl groups is 1. The molecule has 0 aromatic heterocycles. The van der Waals surface area contributed by atoms with Crippen LogP contribution in [-0.4, -0.2) is 103 Å². The number of carbonyl (C=O) groups excluding carboxylic acids is 3. The normalized spacial score (nSPS) is 33.0. The summed E-state index contributed by atoms with van der Waals surface area (Å²) in [6, 6.07) is 3.66. The first-order valence-corrected chi connectivity index (χ1v) is 19.5. The van der Waals surface area contributed by atoms with E-state index in [2.05, 4.69) is 5.32 Å². The molecule has 4 rings (SSSR count). The van der Waals surface area contributed by atoms with Crippen molar-refractivity contribution < 1.29 is 47.4 Å². The minimum Gasteiger partial charge on any atom is -0.495 e. The Morgan fingerprint density at radius 3 is 2.58 bits per heavy atom. The van der Waals surface area contributed by atoms with Crippen LogP contribution >= 0.6 is 11.6 Å². The standard InChI is InChI=1S/C34H51ClN2O10S/c1-20-11-9-12-26(44-6)34(41)19-25(45-32(40)36-34)21(2)31-33(3,47-31)27(46-29(39)13-10-14-48(7,8)42)18-28(38)37(4)23-16-22(15-20)17-24(43-5)30(23)35/h11,16-17,21,25-27,31,41,48H,9-10,12-15,18-19H2,1-8H3,(H,36,40)/b20-11+/t21-,25+,26-,27+,31+,33+,34+/m1/s1. The van der Waals surface area contributed by atoms with Crippen LogP contribution in [0.1, 0.15) is 64.9 Å². The lowest BCUT2D eigenvalue weighted by Gasteiger charge is -2.43. The summed E-state index contributed by atoms with van der Waals surface area (Å²) < 4.78 is 41.3. The second-order valence-electron chi connectivity index (χ2n) is 14.0. The smallest absolute Gasteiger partial charge is 0.409 e. The zero-order valence-corrected chi connectivity index (χ0v) is 30.8. The van der Waals surface area contributed by atoms with E-state index in [9.17, 15) is 23.7 Å². The minimum atomic E-state index is -2.33. The third-order valence-electron chi connectivity index (χ3n) is 9.65. The second kappa shape index (κ2) is 15.0. The molecule has 0 aliphatic carbocycles. The van der Waals surface area contributed by atoms with Crippen molar-refractivity contribution in [2.45, 2.75) is 101 Å². The number of halogens is 1. The van der Waals surface area contributed by atoms with E-state index in [4.69, 9.17) is 35.3 Å². The highest BCUT2D eigenvalue weighted by atomic mass is 35.5.